The number of ketones is 3. The average Bonchev–Trinajstić information content (AvgIpc) is 2.45. The Morgan fingerprint density at radius 2 is 1.09 bits per heavy atom. The van der Waals surface area contributed by atoms with Gasteiger partial charge in [0.1, 0.15) is 24.4 Å². The van der Waals surface area contributed by atoms with Gasteiger partial charge in [0.25, 0.3) is 0 Å². The molecular formula is C12H21NO8Si. The standard InChI is InChI=1S/C12H21NO8Si/c1-4(14)7(17)12(8(18)5(2)15,9(19)6(3)16)10(20)11(21)22-13/h4-6,10,14-16,20H,13,22H2,1-3H3. The Kier molecular flexibility index (Phi) is 7.35. The lowest BCUT2D eigenvalue weighted by Crippen LogP contribution is -2.64. The minimum atomic E-state index is -3.08. The number of hydrogen-bond acceptors (Lipinski definition) is 9. The molecule has 0 spiro atoms. The first-order chi connectivity index (χ1) is 9.95. The van der Waals surface area contributed by atoms with Crippen LogP contribution < -0.4 is 5.40 Å². The van der Waals surface area contributed by atoms with E-state index >= 15 is 0 Å². The minimum absolute atomic E-state index is 0.929. The van der Waals surface area contributed by atoms with Crippen LogP contribution in [0.15, 0.2) is 0 Å². The van der Waals surface area contributed by atoms with Gasteiger partial charge in [-0.25, -0.2) is 0 Å². The van der Waals surface area contributed by atoms with Crippen molar-refractivity contribution in [2.45, 2.75) is 45.2 Å². The van der Waals surface area contributed by atoms with Crippen molar-refractivity contribution in [1.82, 2.24) is 0 Å². The molecule has 0 aliphatic heterocycles. The Balaban J connectivity index is 6.53. The molecule has 0 amide bonds. The van der Waals surface area contributed by atoms with Crippen LogP contribution in [-0.2, 0) is 19.2 Å². The highest BCUT2D eigenvalue weighted by atomic mass is 28.2. The van der Waals surface area contributed by atoms with Gasteiger partial charge < -0.3 is 30.6 Å². The van der Waals surface area contributed by atoms with E-state index in [0.29, 0.717) is 0 Å². The molecule has 4 atom stereocenters. The van der Waals surface area contributed by atoms with Crippen molar-refractivity contribution in [3.8, 4) is 0 Å². The topological polar surface area (TPSA) is 175 Å². The fourth-order valence-electron chi connectivity index (χ4n) is 2.11. The number of Topliss-reactive ketones (excluding diaryl/α,β-unsaturated/α-hetero) is 3. The zero-order valence-electron chi connectivity index (χ0n) is 12.5. The predicted octanol–water partition coefficient (Wildman–Crippen LogP) is -4.25. The van der Waals surface area contributed by atoms with E-state index in [2.05, 4.69) is 0 Å². The van der Waals surface area contributed by atoms with Crippen molar-refractivity contribution >= 4 is 32.4 Å². The lowest BCUT2D eigenvalue weighted by atomic mass is 9.67. The molecule has 9 nitrogen and oxygen atoms in total. The van der Waals surface area contributed by atoms with E-state index in [4.69, 9.17) is 5.40 Å². The van der Waals surface area contributed by atoms with Gasteiger partial charge in [0, 0.05) is 0 Å². The summed E-state index contributed by atoms with van der Waals surface area (Å²) in [4.78, 5) is 48.5. The highest BCUT2D eigenvalue weighted by molar-refractivity contribution is 6.73. The maximum absolute atomic E-state index is 12.3. The quantitative estimate of drug-likeness (QED) is 0.206. The summed E-state index contributed by atoms with van der Waals surface area (Å²) in [5.74, 6) is -4.44. The van der Waals surface area contributed by atoms with Gasteiger partial charge in [-0.3, -0.25) is 14.4 Å². The Labute approximate surface area is 129 Å². The van der Waals surface area contributed by atoms with Crippen LogP contribution >= 0.6 is 0 Å². The van der Waals surface area contributed by atoms with Gasteiger partial charge in [-0.1, -0.05) is 0 Å². The SMILES string of the molecule is CC(O)C(=O)C(C(=O)C(C)O)(C(=O)C(C)O)C(O)C(=O)[SiH2]N. The number of nitrogens with two attached hydrogens (primary N) is 1. The molecule has 0 saturated carbocycles. The molecule has 126 valence electrons. The van der Waals surface area contributed by atoms with E-state index in [0.717, 1.165) is 20.8 Å². The molecule has 0 saturated heterocycles. The summed E-state index contributed by atoms with van der Waals surface area (Å²) >= 11 is 0. The minimum Gasteiger partial charge on any atom is -0.386 e. The molecule has 0 aliphatic rings. The van der Waals surface area contributed by atoms with Crippen LogP contribution in [0.1, 0.15) is 20.8 Å². The van der Waals surface area contributed by atoms with Gasteiger partial charge in [-0.05, 0) is 20.8 Å². The molecule has 22 heavy (non-hydrogen) atoms. The summed E-state index contributed by atoms with van der Waals surface area (Å²) in [6, 6.07) is 0. The second-order valence-electron chi connectivity index (χ2n) is 5.00. The van der Waals surface area contributed by atoms with Gasteiger partial charge in [0.2, 0.25) is 0 Å². The number of aliphatic hydroxyl groups is 4. The Hall–Kier alpha value is -1.30. The van der Waals surface area contributed by atoms with Crippen molar-refractivity contribution in [2.24, 2.45) is 10.8 Å². The number of carbonyl (C=O) groups excluding carboxylic acids is 4. The third-order valence-electron chi connectivity index (χ3n) is 3.22. The van der Waals surface area contributed by atoms with Crippen molar-refractivity contribution in [3.63, 3.8) is 0 Å². The van der Waals surface area contributed by atoms with Crippen LogP contribution in [0, 0.1) is 5.41 Å². The predicted molar refractivity (Wildman–Crippen MR) is 76.2 cm³/mol. The number of aliphatic hydroxyl groups excluding tert-OH is 4. The first-order valence-corrected chi connectivity index (χ1v) is 8.06. The number of rotatable bonds is 9. The number of carbonyl (C=O) groups is 4. The second kappa shape index (κ2) is 7.81. The highest BCUT2D eigenvalue weighted by Crippen LogP contribution is 2.32. The van der Waals surface area contributed by atoms with Crippen LogP contribution in [-0.4, -0.2) is 77.3 Å². The summed E-state index contributed by atoms with van der Waals surface area (Å²) in [5, 5.41) is 42.6. The third kappa shape index (κ3) is 3.54. The van der Waals surface area contributed by atoms with Crippen LogP contribution in [0.25, 0.3) is 0 Å². The van der Waals surface area contributed by atoms with Crippen LogP contribution in [0.3, 0.4) is 0 Å². The Morgan fingerprint density at radius 1 is 0.818 bits per heavy atom. The maximum atomic E-state index is 12.3. The van der Waals surface area contributed by atoms with Crippen molar-refractivity contribution in [2.75, 3.05) is 0 Å². The molecule has 0 heterocycles. The van der Waals surface area contributed by atoms with Crippen molar-refractivity contribution in [1.29, 1.82) is 0 Å². The Morgan fingerprint density at radius 3 is 1.27 bits per heavy atom. The summed E-state index contributed by atoms with van der Waals surface area (Å²) in [6.07, 6.45) is -8.15. The number of hydrogen-bond donors (Lipinski definition) is 5. The molecule has 0 radical (unpaired) electrons. The smallest absolute Gasteiger partial charge is 0.186 e. The van der Waals surface area contributed by atoms with E-state index in [9.17, 15) is 39.6 Å². The lowest BCUT2D eigenvalue weighted by Gasteiger charge is -2.35. The maximum Gasteiger partial charge on any atom is 0.186 e. The molecule has 0 aliphatic carbocycles. The van der Waals surface area contributed by atoms with Crippen LogP contribution in [0.2, 0.25) is 0 Å². The fourth-order valence-corrected chi connectivity index (χ4v) is 2.64. The molecule has 0 aromatic heterocycles. The second-order valence-corrected chi connectivity index (χ2v) is 6.11. The molecule has 4 unspecified atom stereocenters. The van der Waals surface area contributed by atoms with E-state index < -0.39 is 62.3 Å². The third-order valence-corrected chi connectivity index (χ3v) is 4.01. The van der Waals surface area contributed by atoms with E-state index in [1.807, 2.05) is 0 Å². The zero-order chi connectivity index (χ0) is 17.8. The van der Waals surface area contributed by atoms with E-state index in [-0.39, 0.29) is 0 Å². The van der Waals surface area contributed by atoms with E-state index in [1.54, 1.807) is 0 Å². The summed E-state index contributed by atoms with van der Waals surface area (Å²) in [6.45, 7) is 2.79. The molecule has 6 N–H and O–H groups in total. The first kappa shape index (κ1) is 20.7. The van der Waals surface area contributed by atoms with Crippen molar-refractivity contribution in [3.05, 3.63) is 0 Å². The van der Waals surface area contributed by atoms with Crippen molar-refractivity contribution < 1.29 is 39.6 Å². The lowest BCUT2D eigenvalue weighted by molar-refractivity contribution is -0.170. The normalized spacial score (nSPS) is 20.0. The largest absolute Gasteiger partial charge is 0.386 e. The van der Waals surface area contributed by atoms with Gasteiger partial charge in [0.15, 0.2) is 37.9 Å². The van der Waals surface area contributed by atoms with Gasteiger partial charge >= 0.3 is 0 Å². The Bertz CT molecular complexity index is 423. The van der Waals surface area contributed by atoms with Gasteiger partial charge in [-0.15, -0.1) is 0 Å². The summed E-state index contributed by atoms with van der Waals surface area (Å²) in [5.41, 5.74) is -3.08. The first-order valence-electron chi connectivity index (χ1n) is 6.54. The van der Waals surface area contributed by atoms with Gasteiger partial charge in [-0.2, -0.15) is 0 Å². The molecule has 0 fully saturated rings. The monoisotopic (exact) mass is 335 g/mol. The average molecular weight is 335 g/mol. The highest BCUT2D eigenvalue weighted by Gasteiger charge is 2.61. The van der Waals surface area contributed by atoms with E-state index in [1.165, 1.54) is 0 Å². The molecule has 0 aromatic carbocycles. The summed E-state index contributed by atoms with van der Waals surface area (Å²) < 4.78 is 0. The fraction of sp³-hybridized carbons (Fsp3) is 0.667. The van der Waals surface area contributed by atoms with Gasteiger partial charge in [0.05, 0.1) is 0 Å². The molecule has 10 heteroatoms. The van der Waals surface area contributed by atoms with Crippen LogP contribution in [0.5, 0.6) is 0 Å². The molecule has 0 rings (SSSR count). The molecule has 0 aromatic rings. The molecular weight excluding hydrogens is 314 g/mol. The van der Waals surface area contributed by atoms with Crippen LogP contribution in [0.4, 0.5) is 0 Å². The summed E-state index contributed by atoms with van der Waals surface area (Å²) in [7, 11) is -2.05. The zero-order valence-corrected chi connectivity index (χ0v) is 13.9. The molecule has 0 bridgehead atoms.